The summed E-state index contributed by atoms with van der Waals surface area (Å²) in [5.41, 5.74) is 1.66. The molecule has 2 aromatic carbocycles. The number of phenols is 1. The van der Waals surface area contributed by atoms with E-state index in [1.54, 1.807) is 19.1 Å². The Kier molecular flexibility index (Phi) is 4.08. The van der Waals surface area contributed by atoms with Gasteiger partial charge in [0.2, 0.25) is 0 Å². The van der Waals surface area contributed by atoms with Crippen molar-refractivity contribution in [3.05, 3.63) is 47.5 Å². The van der Waals surface area contributed by atoms with E-state index in [1.165, 1.54) is 18.2 Å². The Morgan fingerprint density at radius 2 is 1.75 bits per heavy atom. The molecule has 0 spiro atoms. The average molecular weight is 280 g/mol. The Bertz CT molecular complexity index is 589. The first-order valence-electron chi connectivity index (χ1n) is 5.98. The molecular weight excluding hydrogens is 266 g/mol. The molecule has 106 valence electrons. The van der Waals surface area contributed by atoms with Crippen LogP contribution in [0.15, 0.2) is 36.4 Å². The number of phenolic OH excluding ortho intramolecular Hbond substituents is 1. The molecule has 3 nitrogen and oxygen atoms in total. The van der Waals surface area contributed by atoms with Crippen molar-refractivity contribution in [1.29, 1.82) is 0 Å². The number of rotatable bonds is 4. The van der Waals surface area contributed by atoms with Crippen LogP contribution in [-0.4, -0.2) is 11.7 Å². The number of hydrogen-bond donors (Lipinski definition) is 1. The summed E-state index contributed by atoms with van der Waals surface area (Å²) in [6.07, 6.45) is 0. The molecule has 0 bridgehead atoms. The van der Waals surface area contributed by atoms with Crippen LogP contribution < -0.4 is 9.47 Å². The highest BCUT2D eigenvalue weighted by Gasteiger charge is 2.10. The van der Waals surface area contributed by atoms with Gasteiger partial charge in [0.25, 0.3) is 0 Å². The van der Waals surface area contributed by atoms with Crippen molar-refractivity contribution in [2.75, 3.05) is 0 Å². The Hall–Kier alpha value is -2.30. The molecule has 0 heterocycles. The van der Waals surface area contributed by atoms with Crippen molar-refractivity contribution in [3.8, 4) is 23.0 Å². The normalized spacial score (nSPS) is 10.7. The fourth-order valence-electron chi connectivity index (χ4n) is 1.90. The van der Waals surface area contributed by atoms with Gasteiger partial charge in [0.1, 0.15) is 11.5 Å². The van der Waals surface area contributed by atoms with E-state index in [1.807, 2.05) is 13.0 Å². The maximum absolute atomic E-state index is 12.1. The van der Waals surface area contributed by atoms with Crippen LogP contribution in [-0.2, 0) is 0 Å². The van der Waals surface area contributed by atoms with Crippen LogP contribution in [0.4, 0.5) is 8.78 Å². The SMILES string of the molecule is Cc1cc(C)c(Oc2cccc(OC(F)F)c2)c(O)c1. The molecular formula is C15H14F2O3. The Morgan fingerprint density at radius 3 is 2.40 bits per heavy atom. The molecule has 1 N–H and O–H groups in total. The van der Waals surface area contributed by atoms with E-state index in [4.69, 9.17) is 4.74 Å². The minimum atomic E-state index is -2.89. The highest BCUT2D eigenvalue weighted by molar-refractivity contribution is 5.50. The lowest BCUT2D eigenvalue weighted by atomic mass is 10.1. The number of aryl methyl sites for hydroxylation is 2. The minimum Gasteiger partial charge on any atom is -0.504 e. The third-order valence-electron chi connectivity index (χ3n) is 2.65. The van der Waals surface area contributed by atoms with E-state index in [2.05, 4.69) is 4.74 Å². The minimum absolute atomic E-state index is 0.00162. The van der Waals surface area contributed by atoms with Crippen molar-refractivity contribution < 1.29 is 23.4 Å². The van der Waals surface area contributed by atoms with Crippen LogP contribution in [0.3, 0.4) is 0 Å². The first kappa shape index (κ1) is 14.1. The van der Waals surface area contributed by atoms with Crippen molar-refractivity contribution in [3.63, 3.8) is 0 Å². The van der Waals surface area contributed by atoms with Gasteiger partial charge in [-0.1, -0.05) is 12.1 Å². The van der Waals surface area contributed by atoms with Crippen molar-refractivity contribution in [1.82, 2.24) is 0 Å². The summed E-state index contributed by atoms with van der Waals surface area (Å²) < 4.78 is 34.1. The first-order chi connectivity index (χ1) is 9.45. The molecule has 0 saturated heterocycles. The summed E-state index contributed by atoms with van der Waals surface area (Å²) in [7, 11) is 0. The number of hydrogen-bond acceptors (Lipinski definition) is 3. The zero-order valence-electron chi connectivity index (χ0n) is 11.1. The average Bonchev–Trinajstić information content (AvgIpc) is 2.33. The largest absolute Gasteiger partial charge is 0.504 e. The summed E-state index contributed by atoms with van der Waals surface area (Å²) in [5, 5.41) is 9.87. The maximum atomic E-state index is 12.1. The lowest BCUT2D eigenvalue weighted by Crippen LogP contribution is -2.01. The fourth-order valence-corrected chi connectivity index (χ4v) is 1.90. The molecule has 0 aliphatic rings. The summed E-state index contributed by atoms with van der Waals surface area (Å²) in [4.78, 5) is 0. The smallest absolute Gasteiger partial charge is 0.387 e. The number of ether oxygens (including phenoxy) is 2. The van der Waals surface area contributed by atoms with Crippen LogP contribution >= 0.6 is 0 Å². The van der Waals surface area contributed by atoms with Gasteiger partial charge in [-0.15, -0.1) is 0 Å². The van der Waals surface area contributed by atoms with Gasteiger partial charge in [0.05, 0.1) is 0 Å². The maximum Gasteiger partial charge on any atom is 0.387 e. The third kappa shape index (κ3) is 3.38. The summed E-state index contributed by atoms with van der Waals surface area (Å²) in [6, 6.07) is 9.30. The second-order valence-corrected chi connectivity index (χ2v) is 4.39. The van der Waals surface area contributed by atoms with E-state index in [9.17, 15) is 13.9 Å². The molecule has 2 aromatic rings. The molecule has 2 rings (SSSR count). The van der Waals surface area contributed by atoms with Gasteiger partial charge in [-0.25, -0.2) is 0 Å². The summed E-state index contributed by atoms with van der Waals surface area (Å²) in [5.74, 6) is 0.611. The quantitative estimate of drug-likeness (QED) is 0.902. The van der Waals surface area contributed by atoms with E-state index in [0.29, 0.717) is 11.5 Å². The number of aromatic hydroxyl groups is 1. The van der Waals surface area contributed by atoms with Crippen LogP contribution in [0.2, 0.25) is 0 Å². The van der Waals surface area contributed by atoms with E-state index in [0.717, 1.165) is 11.1 Å². The topological polar surface area (TPSA) is 38.7 Å². The predicted molar refractivity (Wildman–Crippen MR) is 70.7 cm³/mol. The second-order valence-electron chi connectivity index (χ2n) is 4.39. The monoisotopic (exact) mass is 280 g/mol. The molecule has 0 saturated carbocycles. The van der Waals surface area contributed by atoms with Gasteiger partial charge in [0, 0.05) is 6.07 Å². The Labute approximate surface area is 115 Å². The van der Waals surface area contributed by atoms with Gasteiger partial charge in [-0.3, -0.25) is 0 Å². The lowest BCUT2D eigenvalue weighted by molar-refractivity contribution is -0.0499. The van der Waals surface area contributed by atoms with Gasteiger partial charge in [-0.2, -0.15) is 8.78 Å². The highest BCUT2D eigenvalue weighted by atomic mass is 19.3. The molecule has 0 unspecified atom stereocenters. The first-order valence-corrected chi connectivity index (χ1v) is 5.98. The van der Waals surface area contributed by atoms with Crippen LogP contribution in [0.5, 0.6) is 23.0 Å². The molecule has 0 amide bonds. The summed E-state index contributed by atoms with van der Waals surface area (Å²) in [6.45, 7) is 0.759. The van der Waals surface area contributed by atoms with Crippen molar-refractivity contribution >= 4 is 0 Å². The van der Waals surface area contributed by atoms with Gasteiger partial charge in [0.15, 0.2) is 11.5 Å². The lowest BCUT2D eigenvalue weighted by Gasteiger charge is -2.12. The van der Waals surface area contributed by atoms with E-state index < -0.39 is 6.61 Å². The predicted octanol–water partition coefficient (Wildman–Crippen LogP) is 4.40. The molecule has 5 heteroatoms. The van der Waals surface area contributed by atoms with Crippen molar-refractivity contribution in [2.45, 2.75) is 20.5 Å². The molecule has 0 fully saturated rings. The van der Waals surface area contributed by atoms with Gasteiger partial charge < -0.3 is 14.6 Å². The van der Waals surface area contributed by atoms with Crippen LogP contribution in [0.25, 0.3) is 0 Å². The fraction of sp³-hybridized carbons (Fsp3) is 0.200. The van der Waals surface area contributed by atoms with Crippen molar-refractivity contribution in [2.24, 2.45) is 0 Å². The highest BCUT2D eigenvalue weighted by Crippen LogP contribution is 2.35. The molecule has 0 aliphatic carbocycles. The standard InChI is InChI=1S/C15H14F2O3/c1-9-6-10(2)14(13(18)7-9)19-11-4-3-5-12(8-11)20-15(16)17/h3-8,15,18H,1-2H3. The van der Waals surface area contributed by atoms with E-state index in [-0.39, 0.29) is 11.5 Å². The van der Waals surface area contributed by atoms with Crippen LogP contribution in [0.1, 0.15) is 11.1 Å². The Balaban J connectivity index is 2.26. The third-order valence-corrected chi connectivity index (χ3v) is 2.65. The molecule has 0 aliphatic heterocycles. The number of alkyl halides is 2. The summed E-state index contributed by atoms with van der Waals surface area (Å²) >= 11 is 0. The molecule has 0 aromatic heterocycles. The Morgan fingerprint density at radius 1 is 1.05 bits per heavy atom. The van der Waals surface area contributed by atoms with Gasteiger partial charge in [-0.05, 0) is 43.2 Å². The van der Waals surface area contributed by atoms with E-state index >= 15 is 0 Å². The number of benzene rings is 2. The zero-order chi connectivity index (χ0) is 14.7. The molecule has 0 radical (unpaired) electrons. The molecule has 0 atom stereocenters. The zero-order valence-corrected chi connectivity index (χ0v) is 11.1. The second kappa shape index (κ2) is 5.77. The molecule has 20 heavy (non-hydrogen) atoms. The van der Waals surface area contributed by atoms with Crippen LogP contribution in [0, 0.1) is 13.8 Å². The number of halogens is 2. The van der Waals surface area contributed by atoms with Gasteiger partial charge >= 0.3 is 6.61 Å².